The summed E-state index contributed by atoms with van der Waals surface area (Å²) in [5.74, 6) is 0. The molecule has 3 N–H and O–H groups in total. The average molecular weight is 457 g/mol. The number of amides is 2. The van der Waals surface area contributed by atoms with E-state index in [1.165, 1.54) is 0 Å². The monoisotopic (exact) mass is 456 g/mol. The fraction of sp³-hybridized carbons (Fsp3) is 0.619. The maximum atomic E-state index is 12.3. The van der Waals surface area contributed by atoms with Crippen molar-refractivity contribution in [1.82, 2.24) is 10.6 Å². The Labute approximate surface area is 183 Å². The summed E-state index contributed by atoms with van der Waals surface area (Å²) in [4.78, 5) is 24.4. The van der Waals surface area contributed by atoms with E-state index in [0.29, 0.717) is 0 Å². The molecule has 174 valence electrons. The normalized spacial score (nSPS) is 24.2. The van der Waals surface area contributed by atoms with Crippen molar-refractivity contribution in [2.75, 3.05) is 12.8 Å². The van der Waals surface area contributed by atoms with Crippen molar-refractivity contribution in [3.8, 4) is 0 Å². The van der Waals surface area contributed by atoms with Crippen molar-refractivity contribution in [1.29, 1.82) is 0 Å². The average Bonchev–Trinajstić information content (AvgIpc) is 2.65. The highest BCUT2D eigenvalue weighted by Gasteiger charge is 2.46. The Bertz CT molecular complexity index is 867. The maximum absolute atomic E-state index is 12.3. The van der Waals surface area contributed by atoms with E-state index in [1.807, 2.05) is 18.2 Å². The summed E-state index contributed by atoms with van der Waals surface area (Å²) >= 11 is 0. The van der Waals surface area contributed by atoms with Crippen LogP contribution in [0.5, 0.6) is 0 Å². The lowest BCUT2D eigenvalue weighted by atomic mass is 9.80. The minimum absolute atomic E-state index is 0.00572. The first-order valence-corrected chi connectivity index (χ1v) is 12.1. The number of hydrogen-bond donors (Lipinski definition) is 3. The second kappa shape index (κ2) is 9.86. The second-order valence-corrected chi connectivity index (χ2v) is 11.3. The zero-order chi connectivity index (χ0) is 23.3. The van der Waals surface area contributed by atoms with Gasteiger partial charge >= 0.3 is 12.2 Å². The Hall–Kier alpha value is -2.33. The third kappa shape index (κ3) is 8.02. The molecule has 1 aliphatic carbocycles. The van der Waals surface area contributed by atoms with Gasteiger partial charge in [0, 0.05) is 6.26 Å². The van der Waals surface area contributed by atoms with E-state index >= 15 is 0 Å². The van der Waals surface area contributed by atoms with Gasteiger partial charge in [-0.25, -0.2) is 18.0 Å². The molecule has 1 fully saturated rings. The van der Waals surface area contributed by atoms with Gasteiger partial charge in [-0.3, -0.25) is 0 Å². The van der Waals surface area contributed by atoms with Gasteiger partial charge in [0.1, 0.15) is 27.6 Å². The van der Waals surface area contributed by atoms with E-state index in [0.717, 1.165) is 11.8 Å². The van der Waals surface area contributed by atoms with Crippen LogP contribution in [0, 0.1) is 0 Å². The van der Waals surface area contributed by atoms with Crippen molar-refractivity contribution in [3.05, 3.63) is 35.9 Å². The molecule has 0 spiro atoms. The molecular formula is C21H32N2O7S. The lowest BCUT2D eigenvalue weighted by Gasteiger charge is -2.42. The van der Waals surface area contributed by atoms with Gasteiger partial charge in [0.2, 0.25) is 0 Å². The van der Waals surface area contributed by atoms with E-state index in [9.17, 15) is 23.1 Å². The summed E-state index contributed by atoms with van der Waals surface area (Å²) < 4.78 is 34.5. The van der Waals surface area contributed by atoms with E-state index in [2.05, 4.69) is 10.6 Å². The lowest BCUT2D eigenvalue weighted by Crippen LogP contribution is -2.62. The van der Waals surface area contributed by atoms with Crippen LogP contribution in [-0.4, -0.2) is 61.0 Å². The number of carbonyl (C=O) groups excluding carboxylic acids is 2. The molecule has 0 heterocycles. The quantitative estimate of drug-likeness (QED) is 0.598. The molecular weight excluding hydrogens is 424 g/mol. The summed E-state index contributed by atoms with van der Waals surface area (Å²) in [5.41, 5.74) is -1.47. The number of nitrogens with one attached hydrogen (secondary N) is 2. The molecule has 31 heavy (non-hydrogen) atoms. The number of benzene rings is 1. The molecule has 1 aliphatic rings. The smallest absolute Gasteiger partial charge is 0.407 e. The van der Waals surface area contributed by atoms with Crippen LogP contribution in [-0.2, 0) is 25.9 Å². The van der Waals surface area contributed by atoms with Gasteiger partial charge in [0.15, 0.2) is 0 Å². The van der Waals surface area contributed by atoms with Gasteiger partial charge in [-0.2, -0.15) is 0 Å². The van der Waals surface area contributed by atoms with Gasteiger partial charge < -0.3 is 25.2 Å². The minimum Gasteiger partial charge on any atom is -0.445 e. The number of alkyl carbamates (subject to hydrolysis) is 2. The van der Waals surface area contributed by atoms with E-state index in [-0.39, 0.29) is 32.4 Å². The minimum atomic E-state index is -3.37. The van der Waals surface area contributed by atoms with Crippen LogP contribution >= 0.6 is 0 Å². The fourth-order valence-corrected chi connectivity index (χ4v) is 4.51. The molecule has 1 saturated carbocycles. The van der Waals surface area contributed by atoms with Crippen LogP contribution in [0.4, 0.5) is 9.59 Å². The molecule has 3 unspecified atom stereocenters. The predicted octanol–water partition coefficient (Wildman–Crippen LogP) is 2.13. The molecule has 0 radical (unpaired) electrons. The van der Waals surface area contributed by atoms with Crippen LogP contribution in [0.15, 0.2) is 30.3 Å². The highest BCUT2D eigenvalue weighted by molar-refractivity contribution is 7.91. The summed E-state index contributed by atoms with van der Waals surface area (Å²) in [6.07, 6.45) is -0.0696. The van der Waals surface area contributed by atoms with E-state index < -0.39 is 44.5 Å². The standard InChI is InChI=1S/C21H32N2O7S/c1-20(2,3)30-18(24)22-14-21(26)11-10-16(31(4,27)28)12-17(21)23-19(25)29-13-15-8-6-5-7-9-15/h5-9,16-17,26H,10-14H2,1-4H3,(H,22,24)(H,23,25). The van der Waals surface area contributed by atoms with Crippen molar-refractivity contribution in [2.45, 2.75) is 69.1 Å². The lowest BCUT2D eigenvalue weighted by molar-refractivity contribution is -0.0272. The molecule has 10 heteroatoms. The summed E-state index contributed by atoms with van der Waals surface area (Å²) in [5, 5.41) is 15.5. The van der Waals surface area contributed by atoms with E-state index in [4.69, 9.17) is 9.47 Å². The van der Waals surface area contributed by atoms with Gasteiger partial charge in [-0.1, -0.05) is 30.3 Å². The number of ether oxygens (including phenoxy) is 2. The summed E-state index contributed by atoms with van der Waals surface area (Å²) in [7, 11) is -3.37. The van der Waals surface area contributed by atoms with E-state index in [1.54, 1.807) is 32.9 Å². The SMILES string of the molecule is CC(C)(C)OC(=O)NCC1(O)CCC(S(C)(=O)=O)CC1NC(=O)OCc1ccccc1. The topological polar surface area (TPSA) is 131 Å². The number of aliphatic hydroxyl groups is 1. The highest BCUT2D eigenvalue weighted by Crippen LogP contribution is 2.32. The van der Waals surface area contributed by atoms with Crippen molar-refractivity contribution < 1.29 is 32.6 Å². The molecule has 2 rings (SSSR count). The van der Waals surface area contributed by atoms with Crippen LogP contribution in [0.2, 0.25) is 0 Å². The molecule has 0 aliphatic heterocycles. The van der Waals surface area contributed by atoms with Gasteiger partial charge in [-0.05, 0) is 45.6 Å². The van der Waals surface area contributed by atoms with Gasteiger partial charge in [0.05, 0.1) is 17.8 Å². The third-order valence-electron chi connectivity index (χ3n) is 5.09. The van der Waals surface area contributed by atoms with Crippen LogP contribution in [0.1, 0.15) is 45.6 Å². The van der Waals surface area contributed by atoms with Gasteiger partial charge in [-0.15, -0.1) is 0 Å². The first kappa shape index (κ1) is 24.9. The van der Waals surface area contributed by atoms with Gasteiger partial charge in [0.25, 0.3) is 0 Å². The van der Waals surface area contributed by atoms with Crippen molar-refractivity contribution in [3.63, 3.8) is 0 Å². The number of sulfone groups is 1. The third-order valence-corrected chi connectivity index (χ3v) is 6.73. The number of carbonyl (C=O) groups is 2. The number of hydrogen-bond acceptors (Lipinski definition) is 7. The highest BCUT2D eigenvalue weighted by atomic mass is 32.2. The summed E-state index contributed by atoms with van der Waals surface area (Å²) in [6, 6.07) is 8.14. The molecule has 0 saturated heterocycles. The zero-order valence-corrected chi connectivity index (χ0v) is 19.2. The van der Waals surface area contributed by atoms with Crippen LogP contribution in [0.25, 0.3) is 0 Å². The Morgan fingerprint density at radius 2 is 1.84 bits per heavy atom. The first-order valence-electron chi connectivity index (χ1n) is 10.1. The van der Waals surface area contributed by atoms with Crippen LogP contribution < -0.4 is 10.6 Å². The Kier molecular flexibility index (Phi) is 7.93. The molecule has 2 amide bonds. The molecule has 0 aromatic heterocycles. The Balaban J connectivity index is 2.05. The largest absolute Gasteiger partial charge is 0.445 e. The second-order valence-electron chi connectivity index (χ2n) is 8.94. The Morgan fingerprint density at radius 3 is 2.42 bits per heavy atom. The van der Waals surface area contributed by atoms with Crippen LogP contribution in [0.3, 0.4) is 0 Å². The summed E-state index contributed by atoms with van der Waals surface area (Å²) in [6.45, 7) is 4.97. The number of rotatable bonds is 6. The molecule has 1 aromatic rings. The van der Waals surface area contributed by atoms with Crippen molar-refractivity contribution in [2.24, 2.45) is 0 Å². The zero-order valence-electron chi connectivity index (χ0n) is 18.4. The fourth-order valence-electron chi connectivity index (χ4n) is 3.43. The first-order chi connectivity index (χ1) is 14.3. The maximum Gasteiger partial charge on any atom is 0.407 e. The molecule has 9 nitrogen and oxygen atoms in total. The van der Waals surface area contributed by atoms with Crippen molar-refractivity contribution >= 4 is 22.0 Å². The predicted molar refractivity (Wildman–Crippen MR) is 115 cm³/mol. The molecule has 1 aromatic carbocycles. The molecule has 3 atom stereocenters. The Morgan fingerprint density at radius 1 is 1.19 bits per heavy atom. The molecule has 0 bridgehead atoms.